The predicted octanol–water partition coefficient (Wildman–Crippen LogP) is 10.1. The zero-order chi connectivity index (χ0) is 33.1. The average molecular weight is 619 g/mol. The molecule has 236 valence electrons. The highest BCUT2D eigenvalue weighted by Gasteiger charge is 2.19. The maximum absolute atomic E-state index is 6.55. The quantitative estimate of drug-likeness (QED) is 0.142. The molecule has 0 amide bonds. The molecular formula is C42H42N4O. The average Bonchev–Trinajstić information content (AvgIpc) is 3.53. The molecule has 7 rings (SSSR count). The molecule has 0 unspecified atom stereocenters. The molecule has 5 heteroatoms. The molecule has 0 aliphatic carbocycles. The Morgan fingerprint density at radius 3 is 2.11 bits per heavy atom. The van der Waals surface area contributed by atoms with Gasteiger partial charge in [-0.3, -0.25) is 13.7 Å². The van der Waals surface area contributed by atoms with Crippen molar-refractivity contribution >= 4 is 21.8 Å². The number of ether oxygens (including phenoxy) is 1. The summed E-state index contributed by atoms with van der Waals surface area (Å²) in [6.45, 7) is 17.7. The summed E-state index contributed by atoms with van der Waals surface area (Å²) in [5.74, 6) is 2.43. The van der Waals surface area contributed by atoms with Crippen LogP contribution in [0.15, 0.2) is 109 Å². The largest absolute Gasteiger partial charge is 0.458 e. The number of hydrogen-bond donors (Lipinski definition) is 0. The predicted molar refractivity (Wildman–Crippen MR) is 192 cm³/mol. The van der Waals surface area contributed by atoms with Crippen molar-refractivity contribution in [2.75, 3.05) is 0 Å². The van der Waals surface area contributed by atoms with Crippen molar-refractivity contribution in [1.29, 1.82) is 0 Å². The molecule has 0 bridgehead atoms. The number of imidazole rings is 1. The highest BCUT2D eigenvalue weighted by atomic mass is 16.5. The van der Waals surface area contributed by atoms with Crippen LogP contribution in [0.4, 0.5) is 0 Å². The van der Waals surface area contributed by atoms with Crippen LogP contribution < -0.4 is 9.30 Å². The van der Waals surface area contributed by atoms with Gasteiger partial charge in [-0.1, -0.05) is 77.9 Å². The maximum Gasteiger partial charge on any atom is 0.269 e. The maximum atomic E-state index is 6.55. The van der Waals surface area contributed by atoms with E-state index in [9.17, 15) is 0 Å². The van der Waals surface area contributed by atoms with Crippen molar-refractivity contribution in [2.24, 2.45) is 0 Å². The fourth-order valence-corrected chi connectivity index (χ4v) is 6.28. The van der Waals surface area contributed by atoms with E-state index in [-0.39, 0.29) is 10.8 Å². The molecule has 7 aromatic rings. The van der Waals surface area contributed by atoms with E-state index in [2.05, 4.69) is 166 Å². The Morgan fingerprint density at radius 2 is 1.36 bits per heavy atom. The molecule has 3 heterocycles. The molecule has 47 heavy (non-hydrogen) atoms. The van der Waals surface area contributed by atoms with Gasteiger partial charge in [0.15, 0.2) is 0 Å². The summed E-state index contributed by atoms with van der Waals surface area (Å²) in [5, 5.41) is 2.35. The summed E-state index contributed by atoms with van der Waals surface area (Å²) >= 11 is 0. The molecule has 5 nitrogen and oxygen atoms in total. The van der Waals surface area contributed by atoms with Crippen LogP contribution in [0.25, 0.3) is 39.0 Å². The summed E-state index contributed by atoms with van der Waals surface area (Å²) in [6, 6.07) is 36.1. The van der Waals surface area contributed by atoms with Gasteiger partial charge in [-0.15, -0.1) is 0 Å². The second-order valence-corrected chi connectivity index (χ2v) is 14.5. The van der Waals surface area contributed by atoms with Crippen molar-refractivity contribution in [3.63, 3.8) is 0 Å². The minimum Gasteiger partial charge on any atom is -0.458 e. The number of para-hydroxylation sites is 1. The summed E-state index contributed by atoms with van der Waals surface area (Å²) < 4.78 is 13.0. The normalized spacial score (nSPS) is 12.3. The van der Waals surface area contributed by atoms with E-state index in [0.717, 1.165) is 56.5 Å². The molecule has 0 saturated heterocycles. The van der Waals surface area contributed by atoms with E-state index < -0.39 is 0 Å². The molecule has 0 aliphatic heterocycles. The van der Waals surface area contributed by atoms with Crippen LogP contribution in [0.3, 0.4) is 0 Å². The van der Waals surface area contributed by atoms with E-state index in [1.165, 1.54) is 16.5 Å². The molecule has 0 N–H and O–H groups in total. The van der Waals surface area contributed by atoms with Crippen LogP contribution in [0.5, 0.6) is 11.5 Å². The van der Waals surface area contributed by atoms with Gasteiger partial charge >= 0.3 is 0 Å². The SMILES string of the molecule is Cc1c(C)[n+](-c2ccc(C(C)(C)C)cc2)[c-]n1-c1cccc(Oc2ccc3c4ccccc4n(-c4cc(C(C)(C)C)ccn4)c3c2)c1. The van der Waals surface area contributed by atoms with Gasteiger partial charge < -0.3 is 4.74 Å². The zero-order valence-electron chi connectivity index (χ0n) is 28.6. The fourth-order valence-electron chi connectivity index (χ4n) is 6.28. The molecule has 4 aromatic carbocycles. The van der Waals surface area contributed by atoms with Gasteiger partial charge in [0.05, 0.1) is 33.8 Å². The number of hydrogen-bond acceptors (Lipinski definition) is 2. The lowest BCUT2D eigenvalue weighted by Crippen LogP contribution is -2.32. The van der Waals surface area contributed by atoms with Gasteiger partial charge in [-0.2, -0.15) is 0 Å². The molecule has 0 aliphatic rings. The second kappa shape index (κ2) is 11.3. The third-order valence-corrected chi connectivity index (χ3v) is 9.18. The van der Waals surface area contributed by atoms with Gasteiger partial charge in [0, 0.05) is 23.0 Å². The van der Waals surface area contributed by atoms with Crippen LogP contribution in [0, 0.1) is 20.2 Å². The first kappa shape index (κ1) is 30.5. The number of aromatic nitrogens is 4. The lowest BCUT2D eigenvalue weighted by atomic mass is 9.87. The van der Waals surface area contributed by atoms with Gasteiger partial charge in [-0.25, -0.2) is 4.98 Å². The van der Waals surface area contributed by atoms with Crippen LogP contribution in [-0.2, 0) is 10.8 Å². The van der Waals surface area contributed by atoms with E-state index in [0.29, 0.717) is 0 Å². The number of nitrogens with zero attached hydrogens (tertiary/aromatic N) is 4. The van der Waals surface area contributed by atoms with Crippen molar-refractivity contribution < 1.29 is 9.30 Å². The topological polar surface area (TPSA) is 35.9 Å². The molecule has 3 aromatic heterocycles. The third-order valence-electron chi connectivity index (χ3n) is 9.18. The zero-order valence-corrected chi connectivity index (χ0v) is 28.6. The smallest absolute Gasteiger partial charge is 0.269 e. The highest BCUT2D eigenvalue weighted by Crippen LogP contribution is 2.36. The molecule has 0 radical (unpaired) electrons. The fraction of sp³-hybridized carbons (Fsp3) is 0.238. The monoisotopic (exact) mass is 618 g/mol. The van der Waals surface area contributed by atoms with Crippen LogP contribution in [0.1, 0.15) is 64.1 Å². The minimum absolute atomic E-state index is 0.0138. The van der Waals surface area contributed by atoms with Crippen LogP contribution in [0.2, 0.25) is 0 Å². The highest BCUT2D eigenvalue weighted by molar-refractivity contribution is 6.09. The summed E-state index contributed by atoms with van der Waals surface area (Å²) in [4.78, 5) is 4.82. The Morgan fingerprint density at radius 1 is 0.660 bits per heavy atom. The molecule has 0 atom stereocenters. The summed E-state index contributed by atoms with van der Waals surface area (Å²) in [6.07, 6.45) is 5.49. The van der Waals surface area contributed by atoms with Gasteiger partial charge in [-0.05, 0) is 96.5 Å². The van der Waals surface area contributed by atoms with E-state index in [1.807, 2.05) is 18.3 Å². The first-order chi connectivity index (χ1) is 22.4. The Balaban J connectivity index is 1.25. The first-order valence-corrected chi connectivity index (χ1v) is 16.3. The van der Waals surface area contributed by atoms with Crippen molar-refractivity contribution in [3.05, 3.63) is 138 Å². The van der Waals surface area contributed by atoms with Gasteiger partial charge in [0.1, 0.15) is 17.3 Å². The van der Waals surface area contributed by atoms with E-state index in [4.69, 9.17) is 9.72 Å². The van der Waals surface area contributed by atoms with Crippen molar-refractivity contribution in [2.45, 2.75) is 66.2 Å². The Hall–Kier alpha value is -5.16. The molecule has 0 saturated carbocycles. The number of fused-ring (bicyclic) bond motifs is 3. The summed E-state index contributed by atoms with van der Waals surface area (Å²) in [7, 11) is 0. The third kappa shape index (κ3) is 5.61. The second-order valence-electron chi connectivity index (χ2n) is 14.5. The Bertz CT molecular complexity index is 2260. The lowest BCUT2D eigenvalue weighted by Gasteiger charge is -2.20. The van der Waals surface area contributed by atoms with Crippen LogP contribution in [-0.4, -0.2) is 14.1 Å². The van der Waals surface area contributed by atoms with Crippen LogP contribution >= 0.6 is 0 Å². The van der Waals surface area contributed by atoms with E-state index >= 15 is 0 Å². The number of rotatable bonds is 5. The number of benzene rings is 4. The van der Waals surface area contributed by atoms with Crippen molar-refractivity contribution in [3.8, 4) is 28.7 Å². The Labute approximate surface area is 277 Å². The molecular weight excluding hydrogens is 576 g/mol. The Kier molecular flexibility index (Phi) is 7.31. The van der Waals surface area contributed by atoms with E-state index in [1.54, 1.807) is 0 Å². The summed E-state index contributed by atoms with van der Waals surface area (Å²) in [5.41, 5.74) is 9.21. The lowest BCUT2D eigenvalue weighted by molar-refractivity contribution is -0.606. The molecule has 0 fully saturated rings. The molecule has 0 spiro atoms. The van der Waals surface area contributed by atoms with Crippen molar-refractivity contribution in [1.82, 2.24) is 14.1 Å². The standard InChI is InChI=1S/C42H42N4O/c1-28-29(2)45(27-44(28)32-18-16-30(17-19-32)41(3,4)5)33-12-11-13-34(25-33)47-35-20-21-37-36-14-9-10-15-38(36)46(39(37)26-35)40-24-31(22-23-43-40)42(6,7)8/h9-26H,1-8H3. The minimum atomic E-state index is 0.0138. The first-order valence-electron chi connectivity index (χ1n) is 16.3. The van der Waals surface area contributed by atoms with Gasteiger partial charge in [0.2, 0.25) is 0 Å². The van der Waals surface area contributed by atoms with Gasteiger partial charge in [0.25, 0.3) is 6.33 Å². The number of pyridine rings is 1.